The fourth-order valence-electron chi connectivity index (χ4n) is 3.06. The number of hydrogen-bond acceptors (Lipinski definition) is 5. The van der Waals surface area contributed by atoms with Crippen molar-refractivity contribution < 1.29 is 19.1 Å². The molecule has 0 aliphatic carbocycles. The number of anilines is 2. The number of carbonyl (C=O) groups excluding carboxylic acids is 3. The van der Waals surface area contributed by atoms with Gasteiger partial charge in [-0.25, -0.2) is 5.43 Å². The molecule has 0 aliphatic rings. The summed E-state index contributed by atoms with van der Waals surface area (Å²) in [5.74, 6) is -1.82. The Morgan fingerprint density at radius 1 is 0.912 bits per heavy atom. The third-order valence-corrected chi connectivity index (χ3v) is 4.81. The van der Waals surface area contributed by atoms with Crippen LogP contribution in [0.15, 0.2) is 71.8 Å². The Labute approximate surface area is 202 Å². The van der Waals surface area contributed by atoms with Crippen LogP contribution >= 0.6 is 11.6 Å². The van der Waals surface area contributed by atoms with Crippen LogP contribution in [0.4, 0.5) is 11.4 Å². The summed E-state index contributed by atoms with van der Waals surface area (Å²) in [6.45, 7) is 3.69. The number of amides is 3. The van der Waals surface area contributed by atoms with Crippen LogP contribution in [0.1, 0.15) is 16.7 Å². The monoisotopic (exact) mass is 478 g/mol. The topological polar surface area (TPSA) is 109 Å². The van der Waals surface area contributed by atoms with Gasteiger partial charge in [-0.1, -0.05) is 41.9 Å². The van der Waals surface area contributed by atoms with E-state index in [9.17, 15) is 14.4 Å². The van der Waals surface area contributed by atoms with Crippen LogP contribution in [0.5, 0.6) is 5.75 Å². The number of halogens is 1. The summed E-state index contributed by atoms with van der Waals surface area (Å²) in [6, 6.07) is 19.1. The van der Waals surface area contributed by atoms with E-state index >= 15 is 0 Å². The molecule has 0 heterocycles. The van der Waals surface area contributed by atoms with Crippen molar-refractivity contribution in [1.29, 1.82) is 0 Å². The van der Waals surface area contributed by atoms with Gasteiger partial charge in [-0.3, -0.25) is 14.4 Å². The molecule has 3 rings (SSSR count). The van der Waals surface area contributed by atoms with Gasteiger partial charge in [-0.05, 0) is 61.4 Å². The Balaban J connectivity index is 1.55. The average Bonchev–Trinajstić information content (AvgIpc) is 2.79. The average molecular weight is 479 g/mol. The molecule has 8 nitrogen and oxygen atoms in total. The van der Waals surface area contributed by atoms with E-state index in [1.807, 2.05) is 32.0 Å². The van der Waals surface area contributed by atoms with E-state index < -0.39 is 11.8 Å². The van der Waals surface area contributed by atoms with E-state index in [2.05, 4.69) is 21.2 Å². The molecule has 34 heavy (non-hydrogen) atoms. The summed E-state index contributed by atoms with van der Waals surface area (Å²) >= 11 is 5.97. The molecular weight excluding hydrogens is 456 g/mol. The van der Waals surface area contributed by atoms with E-state index in [1.54, 1.807) is 48.5 Å². The highest BCUT2D eigenvalue weighted by Gasteiger charge is 2.14. The second-order valence-corrected chi connectivity index (χ2v) is 7.79. The lowest BCUT2D eigenvalue weighted by Crippen LogP contribution is -2.32. The zero-order valence-electron chi connectivity index (χ0n) is 18.6. The Hall–Kier alpha value is -4.17. The van der Waals surface area contributed by atoms with Gasteiger partial charge in [0.15, 0.2) is 6.61 Å². The summed E-state index contributed by atoms with van der Waals surface area (Å²) in [5.41, 5.74) is 5.74. The zero-order chi connectivity index (χ0) is 24.5. The van der Waals surface area contributed by atoms with Gasteiger partial charge in [0.25, 0.3) is 5.91 Å². The Bertz CT molecular complexity index is 1220. The van der Waals surface area contributed by atoms with Gasteiger partial charge in [-0.2, -0.15) is 5.10 Å². The van der Waals surface area contributed by atoms with Crippen molar-refractivity contribution in [3.63, 3.8) is 0 Å². The minimum Gasteiger partial charge on any atom is -0.483 e. The van der Waals surface area contributed by atoms with Gasteiger partial charge in [0.05, 0.1) is 16.9 Å². The normalized spacial score (nSPS) is 10.6. The SMILES string of the molecule is Cc1cc(C)cc(NC(=O)COc2ccccc2/C=N\NC(=O)C(=O)Nc2ccccc2Cl)c1. The smallest absolute Gasteiger partial charge is 0.329 e. The van der Waals surface area contributed by atoms with Crippen molar-refractivity contribution in [3.05, 3.63) is 88.4 Å². The Kier molecular flexibility index (Phi) is 8.37. The van der Waals surface area contributed by atoms with Crippen molar-refractivity contribution in [2.45, 2.75) is 13.8 Å². The van der Waals surface area contributed by atoms with Gasteiger partial charge in [0, 0.05) is 11.3 Å². The van der Waals surface area contributed by atoms with Crippen LogP contribution in [0, 0.1) is 13.8 Å². The molecule has 0 atom stereocenters. The Morgan fingerprint density at radius 3 is 2.32 bits per heavy atom. The van der Waals surface area contributed by atoms with E-state index in [4.69, 9.17) is 16.3 Å². The first-order valence-electron chi connectivity index (χ1n) is 10.3. The van der Waals surface area contributed by atoms with Crippen molar-refractivity contribution >= 4 is 46.9 Å². The number of hydrazone groups is 1. The molecule has 3 amide bonds. The molecule has 3 N–H and O–H groups in total. The highest BCUT2D eigenvalue weighted by atomic mass is 35.5. The quantitative estimate of drug-likeness (QED) is 0.270. The second kappa shape index (κ2) is 11.6. The minimum atomic E-state index is -0.970. The van der Waals surface area contributed by atoms with Crippen LogP contribution in [0.2, 0.25) is 5.02 Å². The molecule has 174 valence electrons. The standard InChI is InChI=1S/C25H23ClN4O4/c1-16-11-17(2)13-19(12-16)28-23(31)15-34-22-10-6-3-7-18(22)14-27-30-25(33)24(32)29-21-9-5-4-8-20(21)26/h3-14H,15H2,1-2H3,(H,28,31)(H,29,32)(H,30,33)/b27-14-. The number of carbonyl (C=O) groups is 3. The number of hydrogen-bond donors (Lipinski definition) is 3. The maximum atomic E-state index is 12.3. The largest absolute Gasteiger partial charge is 0.483 e. The summed E-state index contributed by atoms with van der Waals surface area (Å²) < 4.78 is 5.62. The van der Waals surface area contributed by atoms with Crippen LogP contribution in [-0.2, 0) is 14.4 Å². The summed E-state index contributed by atoms with van der Waals surface area (Å²) in [6.07, 6.45) is 1.32. The Morgan fingerprint density at radius 2 is 1.59 bits per heavy atom. The van der Waals surface area contributed by atoms with Crippen LogP contribution in [0.3, 0.4) is 0 Å². The van der Waals surface area contributed by atoms with Crippen LogP contribution < -0.4 is 20.8 Å². The molecular formula is C25H23ClN4O4. The van der Waals surface area contributed by atoms with E-state index in [-0.39, 0.29) is 12.5 Å². The third kappa shape index (κ3) is 7.18. The molecule has 0 saturated carbocycles. The predicted molar refractivity (Wildman–Crippen MR) is 132 cm³/mol. The molecule has 0 fully saturated rings. The zero-order valence-corrected chi connectivity index (χ0v) is 19.3. The summed E-state index contributed by atoms with van der Waals surface area (Å²) in [5, 5.41) is 9.31. The highest BCUT2D eigenvalue weighted by Crippen LogP contribution is 2.20. The van der Waals surface area contributed by atoms with Gasteiger partial charge < -0.3 is 15.4 Å². The first kappa shape index (κ1) is 24.5. The first-order chi connectivity index (χ1) is 16.3. The lowest BCUT2D eigenvalue weighted by molar-refractivity contribution is -0.136. The second-order valence-electron chi connectivity index (χ2n) is 7.38. The van der Waals surface area contributed by atoms with E-state index in [0.717, 1.165) is 11.1 Å². The fourth-order valence-corrected chi connectivity index (χ4v) is 3.24. The lowest BCUT2D eigenvalue weighted by Gasteiger charge is -2.10. The van der Waals surface area contributed by atoms with Gasteiger partial charge in [-0.15, -0.1) is 0 Å². The number of nitrogens with zero attached hydrogens (tertiary/aromatic N) is 1. The van der Waals surface area contributed by atoms with Gasteiger partial charge in [0.1, 0.15) is 5.75 Å². The molecule has 0 spiro atoms. The number of rotatable bonds is 7. The molecule has 0 radical (unpaired) electrons. The van der Waals surface area contributed by atoms with Gasteiger partial charge >= 0.3 is 11.8 Å². The number of nitrogens with one attached hydrogen (secondary N) is 3. The third-order valence-electron chi connectivity index (χ3n) is 4.48. The molecule has 0 saturated heterocycles. The predicted octanol–water partition coefficient (Wildman–Crippen LogP) is 4.06. The number of para-hydroxylation sites is 2. The number of aryl methyl sites for hydroxylation is 2. The molecule has 9 heteroatoms. The van der Waals surface area contributed by atoms with Crippen LogP contribution in [0.25, 0.3) is 0 Å². The lowest BCUT2D eigenvalue weighted by atomic mass is 10.1. The van der Waals surface area contributed by atoms with Crippen molar-refractivity contribution in [2.75, 3.05) is 17.2 Å². The molecule has 0 aromatic heterocycles. The summed E-state index contributed by atoms with van der Waals surface area (Å²) in [7, 11) is 0. The minimum absolute atomic E-state index is 0.218. The van der Waals surface area contributed by atoms with Crippen LogP contribution in [-0.4, -0.2) is 30.5 Å². The van der Waals surface area contributed by atoms with Gasteiger partial charge in [0.2, 0.25) is 0 Å². The van der Waals surface area contributed by atoms with Crippen molar-refractivity contribution in [1.82, 2.24) is 5.43 Å². The number of benzene rings is 3. The van der Waals surface area contributed by atoms with E-state index in [0.29, 0.717) is 27.7 Å². The maximum Gasteiger partial charge on any atom is 0.329 e. The molecule has 3 aromatic rings. The molecule has 0 bridgehead atoms. The first-order valence-corrected chi connectivity index (χ1v) is 10.7. The van der Waals surface area contributed by atoms with Crippen molar-refractivity contribution in [3.8, 4) is 5.75 Å². The maximum absolute atomic E-state index is 12.3. The van der Waals surface area contributed by atoms with Crippen molar-refractivity contribution in [2.24, 2.45) is 5.10 Å². The molecule has 0 unspecified atom stereocenters. The molecule has 3 aromatic carbocycles. The highest BCUT2D eigenvalue weighted by molar-refractivity contribution is 6.41. The fraction of sp³-hybridized carbons (Fsp3) is 0.120. The molecule has 0 aliphatic heterocycles. The van der Waals surface area contributed by atoms with E-state index in [1.165, 1.54) is 6.21 Å². The summed E-state index contributed by atoms with van der Waals surface area (Å²) in [4.78, 5) is 36.3. The number of ether oxygens (including phenoxy) is 1.